The van der Waals surface area contributed by atoms with E-state index in [1.54, 1.807) is 0 Å². The summed E-state index contributed by atoms with van der Waals surface area (Å²) in [4.78, 5) is 39.1. The van der Waals surface area contributed by atoms with Crippen molar-refractivity contribution in [3.8, 4) is 0 Å². The molecule has 0 saturated carbocycles. The first-order valence-corrected chi connectivity index (χ1v) is 10.2. The van der Waals surface area contributed by atoms with Crippen molar-refractivity contribution in [1.29, 1.82) is 0 Å². The molecule has 1 aromatic heterocycles. The van der Waals surface area contributed by atoms with Gasteiger partial charge in [-0.15, -0.1) is 6.58 Å². The number of likely N-dealkylation sites (tertiary alicyclic amines) is 2. The number of rotatable bonds is 4. The van der Waals surface area contributed by atoms with Gasteiger partial charge in [-0.1, -0.05) is 12.1 Å². The molecule has 2 fully saturated rings. The first-order chi connectivity index (χ1) is 16.1. The third-order valence-corrected chi connectivity index (χ3v) is 5.36. The zero-order chi connectivity index (χ0) is 26.9. The number of aliphatic carboxylic acids is 2. The van der Waals surface area contributed by atoms with Crippen LogP contribution in [-0.4, -0.2) is 81.4 Å². The minimum atomic E-state index is -5.08. The van der Waals surface area contributed by atoms with Crippen LogP contribution in [0.1, 0.15) is 25.0 Å². The largest absolute Gasteiger partial charge is 0.490 e. The Morgan fingerprint density at radius 3 is 1.89 bits per heavy atom. The summed E-state index contributed by atoms with van der Waals surface area (Å²) in [6.07, 6.45) is -3.53. The Kier molecular flexibility index (Phi) is 10.7. The van der Waals surface area contributed by atoms with Crippen molar-refractivity contribution < 1.29 is 50.9 Å². The number of halogens is 6. The molecule has 1 amide bonds. The van der Waals surface area contributed by atoms with E-state index in [4.69, 9.17) is 19.8 Å². The molecule has 2 aliphatic rings. The number of pyridine rings is 1. The van der Waals surface area contributed by atoms with Crippen LogP contribution in [0.2, 0.25) is 0 Å². The molecule has 3 rings (SSSR count). The van der Waals surface area contributed by atoms with E-state index in [-0.39, 0.29) is 5.41 Å². The molecule has 1 spiro atoms. The van der Waals surface area contributed by atoms with Gasteiger partial charge in [0, 0.05) is 25.8 Å². The Morgan fingerprint density at radius 1 is 1.00 bits per heavy atom. The van der Waals surface area contributed by atoms with Gasteiger partial charge in [-0.05, 0) is 44.5 Å². The number of aromatic nitrogens is 1. The topological polar surface area (TPSA) is 111 Å². The SMILES string of the molecule is C=CCN1CCC2(CCN(Cc3ccccn3)CC2)C1=O.O=C(O)C(F)(F)F.O=C(O)C(F)(F)F. The molecule has 35 heavy (non-hydrogen) atoms. The van der Waals surface area contributed by atoms with Crippen LogP contribution < -0.4 is 0 Å². The lowest BCUT2D eigenvalue weighted by molar-refractivity contribution is -0.193. The molecular formula is C21H25F6N3O5. The zero-order valence-corrected chi connectivity index (χ0v) is 18.5. The number of hydrogen-bond donors (Lipinski definition) is 2. The molecule has 0 unspecified atom stereocenters. The molecule has 0 aromatic carbocycles. The second kappa shape index (κ2) is 12.5. The third-order valence-electron chi connectivity index (χ3n) is 5.36. The summed E-state index contributed by atoms with van der Waals surface area (Å²) in [5, 5.41) is 14.2. The lowest BCUT2D eigenvalue weighted by Crippen LogP contribution is -2.44. The fourth-order valence-electron chi connectivity index (χ4n) is 3.55. The fourth-order valence-corrected chi connectivity index (χ4v) is 3.55. The first kappa shape index (κ1) is 29.9. The van der Waals surface area contributed by atoms with Crippen LogP contribution in [0, 0.1) is 5.41 Å². The van der Waals surface area contributed by atoms with Gasteiger partial charge < -0.3 is 15.1 Å². The molecule has 2 N–H and O–H groups in total. The number of carboxylic acids is 2. The highest BCUT2D eigenvalue weighted by Gasteiger charge is 2.47. The van der Waals surface area contributed by atoms with Crippen molar-refractivity contribution in [3.05, 3.63) is 42.7 Å². The van der Waals surface area contributed by atoms with E-state index >= 15 is 0 Å². The summed E-state index contributed by atoms with van der Waals surface area (Å²) >= 11 is 0. The van der Waals surface area contributed by atoms with Crippen molar-refractivity contribution in [2.24, 2.45) is 5.41 Å². The number of carbonyl (C=O) groups is 3. The zero-order valence-electron chi connectivity index (χ0n) is 18.5. The minimum Gasteiger partial charge on any atom is -0.475 e. The number of nitrogens with zero attached hydrogens (tertiary/aromatic N) is 3. The van der Waals surface area contributed by atoms with Crippen LogP contribution >= 0.6 is 0 Å². The summed E-state index contributed by atoms with van der Waals surface area (Å²) in [6, 6.07) is 6.04. The fraction of sp³-hybridized carbons (Fsp3) is 0.524. The summed E-state index contributed by atoms with van der Waals surface area (Å²) in [7, 11) is 0. The van der Waals surface area contributed by atoms with E-state index in [9.17, 15) is 31.1 Å². The molecule has 1 aromatic rings. The summed E-state index contributed by atoms with van der Waals surface area (Å²) in [5.41, 5.74) is 1.02. The van der Waals surface area contributed by atoms with E-state index in [2.05, 4.69) is 22.5 Å². The predicted molar refractivity (Wildman–Crippen MR) is 110 cm³/mol. The third kappa shape index (κ3) is 9.54. The van der Waals surface area contributed by atoms with Gasteiger partial charge in [0.2, 0.25) is 5.91 Å². The van der Waals surface area contributed by atoms with Crippen LogP contribution in [0.5, 0.6) is 0 Å². The summed E-state index contributed by atoms with van der Waals surface area (Å²) < 4.78 is 63.5. The van der Waals surface area contributed by atoms with Crippen LogP contribution in [0.25, 0.3) is 0 Å². The van der Waals surface area contributed by atoms with Crippen molar-refractivity contribution in [3.63, 3.8) is 0 Å². The highest BCUT2D eigenvalue weighted by Crippen LogP contribution is 2.41. The maximum absolute atomic E-state index is 12.6. The Labute approximate surface area is 196 Å². The van der Waals surface area contributed by atoms with E-state index in [1.807, 2.05) is 29.3 Å². The molecule has 2 aliphatic heterocycles. The minimum absolute atomic E-state index is 0.0936. The van der Waals surface area contributed by atoms with Gasteiger partial charge in [0.15, 0.2) is 0 Å². The highest BCUT2D eigenvalue weighted by atomic mass is 19.4. The molecule has 196 valence electrons. The second-order valence-electron chi connectivity index (χ2n) is 7.77. The maximum Gasteiger partial charge on any atom is 0.490 e. The van der Waals surface area contributed by atoms with Gasteiger partial charge in [-0.2, -0.15) is 26.3 Å². The Morgan fingerprint density at radius 2 is 1.49 bits per heavy atom. The lowest BCUT2D eigenvalue weighted by Gasteiger charge is -2.37. The van der Waals surface area contributed by atoms with Crippen LogP contribution in [0.4, 0.5) is 26.3 Å². The monoisotopic (exact) mass is 513 g/mol. The Bertz CT molecular complexity index is 844. The Balaban J connectivity index is 0.000000362. The van der Waals surface area contributed by atoms with Crippen LogP contribution in [-0.2, 0) is 20.9 Å². The van der Waals surface area contributed by atoms with Gasteiger partial charge >= 0.3 is 24.3 Å². The normalized spacial score (nSPS) is 17.7. The first-order valence-electron chi connectivity index (χ1n) is 10.2. The lowest BCUT2D eigenvalue weighted by atomic mass is 9.77. The van der Waals surface area contributed by atoms with Gasteiger partial charge in [-0.3, -0.25) is 14.7 Å². The van der Waals surface area contributed by atoms with Crippen molar-refractivity contribution in [1.82, 2.24) is 14.8 Å². The quantitative estimate of drug-likeness (QED) is 0.469. The number of alkyl halides is 6. The maximum atomic E-state index is 12.6. The van der Waals surface area contributed by atoms with Crippen molar-refractivity contribution >= 4 is 17.8 Å². The van der Waals surface area contributed by atoms with Crippen molar-refractivity contribution in [2.75, 3.05) is 26.2 Å². The van der Waals surface area contributed by atoms with Crippen LogP contribution in [0.3, 0.4) is 0 Å². The molecule has 14 heteroatoms. The second-order valence-corrected chi connectivity index (χ2v) is 7.77. The highest BCUT2D eigenvalue weighted by molar-refractivity contribution is 5.85. The molecule has 0 aliphatic carbocycles. The summed E-state index contributed by atoms with van der Waals surface area (Å²) in [5.74, 6) is -5.17. The standard InChI is InChI=1S/C17H23N3O.2C2HF3O2/c1-2-10-20-13-8-17(16(20)21)6-11-19(12-7-17)14-15-5-3-4-9-18-15;2*3-2(4,5)1(6)7/h2-5,9H,1,6-8,10-14H2;2*(H,6,7). The smallest absolute Gasteiger partial charge is 0.475 e. The molecule has 3 heterocycles. The average Bonchev–Trinajstić information content (AvgIpc) is 3.06. The van der Waals surface area contributed by atoms with Crippen LogP contribution in [0.15, 0.2) is 37.1 Å². The van der Waals surface area contributed by atoms with Gasteiger partial charge in [-0.25, -0.2) is 9.59 Å². The molecule has 0 bridgehead atoms. The molecule has 8 nitrogen and oxygen atoms in total. The summed E-state index contributed by atoms with van der Waals surface area (Å²) in [6.45, 7) is 8.20. The number of piperidine rings is 1. The number of amides is 1. The van der Waals surface area contributed by atoms with Gasteiger partial charge in [0.25, 0.3) is 0 Å². The molecule has 0 radical (unpaired) electrons. The van der Waals surface area contributed by atoms with E-state index < -0.39 is 24.3 Å². The number of hydrogen-bond acceptors (Lipinski definition) is 5. The molecular weight excluding hydrogens is 488 g/mol. The molecule has 0 atom stereocenters. The van der Waals surface area contributed by atoms with Crippen molar-refractivity contribution in [2.45, 2.75) is 38.2 Å². The average molecular weight is 513 g/mol. The number of carboxylic acid groups (broad SMARTS) is 2. The Hall–Kier alpha value is -3.16. The van der Waals surface area contributed by atoms with E-state index in [0.717, 1.165) is 51.1 Å². The predicted octanol–water partition coefficient (Wildman–Crippen LogP) is 3.35. The molecule has 2 saturated heterocycles. The van der Waals surface area contributed by atoms with E-state index in [1.165, 1.54) is 0 Å². The number of carbonyl (C=O) groups excluding carboxylic acids is 1. The van der Waals surface area contributed by atoms with E-state index in [0.29, 0.717) is 12.5 Å². The van der Waals surface area contributed by atoms with Gasteiger partial charge in [0.05, 0.1) is 11.1 Å². The van der Waals surface area contributed by atoms with Gasteiger partial charge in [0.1, 0.15) is 0 Å².